The highest BCUT2D eigenvalue weighted by Gasteiger charge is 2.11. The maximum absolute atomic E-state index is 11.5. The molecule has 1 heterocycles. The number of carboxylic acids is 1. The number of nitrogens with zero attached hydrogens (tertiary/aromatic N) is 2. The van der Waals surface area contributed by atoms with Crippen molar-refractivity contribution in [1.82, 2.24) is 14.8 Å². The van der Waals surface area contributed by atoms with Gasteiger partial charge in [0.15, 0.2) is 5.16 Å². The summed E-state index contributed by atoms with van der Waals surface area (Å²) in [7, 11) is 0. The smallest absolute Gasteiger partial charge is 0.344 e. The highest BCUT2D eigenvalue weighted by molar-refractivity contribution is 7.99. The van der Waals surface area contributed by atoms with Gasteiger partial charge in [0.2, 0.25) is 0 Å². The molecule has 0 aliphatic carbocycles. The minimum Gasteiger partial charge on any atom is -0.481 e. The Labute approximate surface area is 110 Å². The number of carbonyl (C=O) groups is 1. The molecule has 0 aliphatic rings. The van der Waals surface area contributed by atoms with Crippen LogP contribution in [0.15, 0.2) is 9.95 Å². The molecule has 0 amide bonds. The lowest BCUT2D eigenvalue weighted by Crippen LogP contribution is -2.19. The second kappa shape index (κ2) is 7.25. The fraction of sp³-hybridized carbons (Fsp3) is 0.727. The predicted molar refractivity (Wildman–Crippen MR) is 70.1 cm³/mol. The summed E-state index contributed by atoms with van der Waals surface area (Å²) in [5, 5.41) is 15.6. The molecule has 6 nitrogen and oxygen atoms in total. The third-order valence-corrected chi connectivity index (χ3v) is 3.49. The second-order valence-corrected chi connectivity index (χ2v) is 5.39. The Bertz CT molecular complexity index is 439. The van der Waals surface area contributed by atoms with Crippen LogP contribution in [0.5, 0.6) is 0 Å². The summed E-state index contributed by atoms with van der Waals surface area (Å²) < 4.78 is 1.63. The van der Waals surface area contributed by atoms with Gasteiger partial charge in [-0.1, -0.05) is 18.2 Å². The lowest BCUT2D eigenvalue weighted by atomic mass is 10.2. The molecule has 18 heavy (non-hydrogen) atoms. The van der Waals surface area contributed by atoms with Gasteiger partial charge in [0.25, 0.3) is 0 Å². The van der Waals surface area contributed by atoms with Crippen molar-refractivity contribution in [3.63, 3.8) is 0 Å². The standard InChI is InChI=1S/C11H19N3O3S/c1-8(2)14-10(17)12-13-11(14)18-7-5-3-4-6-9(15)16/h8H,3-7H2,1-2H3,(H,12,17)(H,15,16). The molecule has 0 aromatic carbocycles. The Morgan fingerprint density at radius 3 is 2.78 bits per heavy atom. The van der Waals surface area contributed by atoms with E-state index in [2.05, 4.69) is 10.2 Å². The third kappa shape index (κ3) is 4.56. The minimum absolute atomic E-state index is 0.0887. The first-order chi connectivity index (χ1) is 8.52. The number of thioether (sulfide) groups is 1. The minimum atomic E-state index is -0.747. The molecule has 7 heteroatoms. The summed E-state index contributed by atoms with van der Waals surface area (Å²) in [5.74, 6) is 0.0972. The zero-order valence-electron chi connectivity index (χ0n) is 10.7. The Morgan fingerprint density at radius 2 is 2.17 bits per heavy atom. The van der Waals surface area contributed by atoms with Crippen molar-refractivity contribution in [2.24, 2.45) is 0 Å². The van der Waals surface area contributed by atoms with Gasteiger partial charge in [0.05, 0.1) is 0 Å². The van der Waals surface area contributed by atoms with Crippen LogP contribution in [0.3, 0.4) is 0 Å². The van der Waals surface area contributed by atoms with E-state index >= 15 is 0 Å². The van der Waals surface area contributed by atoms with E-state index in [9.17, 15) is 9.59 Å². The average Bonchev–Trinajstić information content (AvgIpc) is 2.64. The summed E-state index contributed by atoms with van der Waals surface area (Å²) >= 11 is 1.53. The van der Waals surface area contributed by atoms with Crippen molar-refractivity contribution in [1.29, 1.82) is 0 Å². The van der Waals surface area contributed by atoms with Crippen molar-refractivity contribution in [3.8, 4) is 0 Å². The molecule has 1 aromatic heterocycles. The van der Waals surface area contributed by atoms with Crippen LogP contribution in [-0.4, -0.2) is 31.6 Å². The van der Waals surface area contributed by atoms with Gasteiger partial charge < -0.3 is 5.11 Å². The molecule has 0 radical (unpaired) electrons. The van der Waals surface area contributed by atoms with Crippen LogP contribution < -0.4 is 5.69 Å². The lowest BCUT2D eigenvalue weighted by Gasteiger charge is -2.08. The zero-order valence-corrected chi connectivity index (χ0v) is 11.5. The van der Waals surface area contributed by atoms with Gasteiger partial charge in [-0.2, -0.15) is 0 Å². The van der Waals surface area contributed by atoms with Gasteiger partial charge in [-0.25, -0.2) is 9.89 Å². The fourth-order valence-electron chi connectivity index (χ4n) is 1.57. The van der Waals surface area contributed by atoms with Crippen LogP contribution >= 0.6 is 11.8 Å². The van der Waals surface area contributed by atoms with E-state index < -0.39 is 5.97 Å². The summed E-state index contributed by atoms with van der Waals surface area (Å²) in [5.41, 5.74) is -0.182. The van der Waals surface area contributed by atoms with Gasteiger partial charge in [-0.3, -0.25) is 9.36 Å². The number of H-pyrrole nitrogens is 1. The Hall–Kier alpha value is -1.24. The number of hydrogen-bond donors (Lipinski definition) is 2. The van der Waals surface area contributed by atoms with Crippen molar-refractivity contribution in [2.75, 3.05) is 5.75 Å². The molecule has 2 N–H and O–H groups in total. The Morgan fingerprint density at radius 1 is 1.44 bits per heavy atom. The number of hydrogen-bond acceptors (Lipinski definition) is 4. The van der Waals surface area contributed by atoms with Crippen molar-refractivity contribution < 1.29 is 9.90 Å². The number of nitrogens with one attached hydrogen (secondary N) is 1. The number of rotatable bonds is 8. The van der Waals surface area contributed by atoms with E-state index in [0.717, 1.165) is 18.6 Å². The first kappa shape index (κ1) is 14.8. The highest BCUT2D eigenvalue weighted by atomic mass is 32.2. The van der Waals surface area contributed by atoms with E-state index in [1.807, 2.05) is 13.8 Å². The number of aromatic nitrogens is 3. The van der Waals surface area contributed by atoms with Gasteiger partial charge in [-0.15, -0.1) is 5.10 Å². The Balaban J connectivity index is 2.31. The van der Waals surface area contributed by atoms with E-state index in [0.29, 0.717) is 11.6 Å². The van der Waals surface area contributed by atoms with Crippen molar-refractivity contribution in [2.45, 2.75) is 50.7 Å². The van der Waals surface area contributed by atoms with Gasteiger partial charge in [-0.05, 0) is 26.7 Å². The first-order valence-corrected chi connectivity index (χ1v) is 7.02. The summed E-state index contributed by atoms with van der Waals surface area (Å²) in [4.78, 5) is 21.8. The van der Waals surface area contributed by atoms with Crippen LogP contribution in [0.4, 0.5) is 0 Å². The highest BCUT2D eigenvalue weighted by Crippen LogP contribution is 2.18. The van der Waals surface area contributed by atoms with E-state index in [-0.39, 0.29) is 18.2 Å². The summed E-state index contributed by atoms with van der Waals surface area (Å²) in [6.45, 7) is 3.88. The number of carboxylic acid groups (broad SMARTS) is 1. The molecular weight excluding hydrogens is 254 g/mol. The number of unbranched alkanes of at least 4 members (excludes halogenated alkanes) is 2. The van der Waals surface area contributed by atoms with Crippen LogP contribution in [0.25, 0.3) is 0 Å². The molecule has 0 aliphatic heterocycles. The average molecular weight is 273 g/mol. The fourth-order valence-corrected chi connectivity index (χ4v) is 2.64. The molecule has 0 saturated carbocycles. The second-order valence-electron chi connectivity index (χ2n) is 4.33. The molecule has 1 aromatic rings. The maximum Gasteiger partial charge on any atom is 0.344 e. The van der Waals surface area contributed by atoms with Gasteiger partial charge in [0, 0.05) is 18.2 Å². The van der Waals surface area contributed by atoms with E-state index in [1.165, 1.54) is 11.8 Å². The van der Waals surface area contributed by atoms with Crippen molar-refractivity contribution >= 4 is 17.7 Å². The SMILES string of the molecule is CC(C)n1c(SCCCCCC(=O)O)n[nH]c1=O. The molecule has 0 saturated heterocycles. The molecule has 1 rings (SSSR count). The quantitative estimate of drug-likeness (QED) is 0.558. The van der Waals surface area contributed by atoms with Gasteiger partial charge in [0.1, 0.15) is 0 Å². The van der Waals surface area contributed by atoms with Gasteiger partial charge >= 0.3 is 11.7 Å². The van der Waals surface area contributed by atoms with Crippen LogP contribution in [-0.2, 0) is 4.79 Å². The largest absolute Gasteiger partial charge is 0.481 e. The Kier molecular flexibility index (Phi) is 5.97. The molecule has 0 fully saturated rings. The summed E-state index contributed by atoms with van der Waals surface area (Å²) in [6, 6.07) is 0.0887. The topological polar surface area (TPSA) is 88.0 Å². The zero-order chi connectivity index (χ0) is 13.5. The molecule has 0 bridgehead atoms. The maximum atomic E-state index is 11.5. The first-order valence-electron chi connectivity index (χ1n) is 6.04. The lowest BCUT2D eigenvalue weighted by molar-refractivity contribution is -0.137. The predicted octanol–water partition coefficient (Wildman–Crippen LogP) is 1.89. The van der Waals surface area contributed by atoms with Crippen LogP contribution in [0.2, 0.25) is 0 Å². The van der Waals surface area contributed by atoms with Crippen molar-refractivity contribution in [3.05, 3.63) is 10.5 Å². The van der Waals surface area contributed by atoms with E-state index in [4.69, 9.17) is 5.11 Å². The molecule has 102 valence electrons. The monoisotopic (exact) mass is 273 g/mol. The molecule has 0 spiro atoms. The number of aromatic amines is 1. The molecule has 0 atom stereocenters. The van der Waals surface area contributed by atoms with E-state index in [1.54, 1.807) is 4.57 Å². The van der Waals surface area contributed by atoms with Crippen LogP contribution in [0.1, 0.15) is 45.6 Å². The summed E-state index contributed by atoms with van der Waals surface area (Å²) in [6.07, 6.45) is 2.74. The van der Waals surface area contributed by atoms with Crippen LogP contribution in [0, 0.1) is 0 Å². The number of aliphatic carboxylic acids is 1. The molecule has 0 unspecified atom stereocenters. The normalized spacial score (nSPS) is 11.1. The third-order valence-electron chi connectivity index (χ3n) is 2.45. The molecular formula is C11H19N3O3S.